The highest BCUT2D eigenvalue weighted by atomic mass is 35.5. The van der Waals surface area contributed by atoms with E-state index in [4.69, 9.17) is 16.3 Å². The molecule has 6 nitrogen and oxygen atoms in total. The highest BCUT2D eigenvalue weighted by Gasteiger charge is 2.26. The summed E-state index contributed by atoms with van der Waals surface area (Å²) in [6, 6.07) is 15.8. The number of amides is 1. The van der Waals surface area contributed by atoms with Gasteiger partial charge in [0.05, 0.1) is 30.0 Å². The van der Waals surface area contributed by atoms with Crippen LogP contribution in [0.4, 0.5) is 17.1 Å². The summed E-state index contributed by atoms with van der Waals surface area (Å²) >= 11 is 6.33. The first-order chi connectivity index (χ1) is 14.6. The Hall–Kier alpha value is -2.28. The molecule has 0 radical (unpaired) electrons. The third-order valence-electron chi connectivity index (χ3n) is 5.95. The van der Waals surface area contributed by atoms with E-state index >= 15 is 0 Å². The summed E-state index contributed by atoms with van der Waals surface area (Å²) in [6.07, 6.45) is 0. The van der Waals surface area contributed by atoms with Gasteiger partial charge in [-0.25, -0.2) is 0 Å². The molecule has 0 aromatic heterocycles. The maximum Gasteiger partial charge on any atom is 0.241 e. The lowest BCUT2D eigenvalue weighted by Gasteiger charge is -2.38. The van der Waals surface area contributed by atoms with Crippen molar-refractivity contribution in [2.24, 2.45) is 0 Å². The molecule has 7 heteroatoms. The van der Waals surface area contributed by atoms with Crippen LogP contribution in [0.3, 0.4) is 0 Å². The first-order valence-corrected chi connectivity index (χ1v) is 11.0. The standard InChI is InChI=1S/C23H29ClN4O2/c1-18(26-10-12-28(13-11-26)22-5-3-2-4-21(22)24)23(29)25-19-6-8-20(9-7-19)27-14-16-30-17-15-27/h2-9,18H,10-17H2,1H3,(H,25,29)/t18-/m1/s1. The maximum atomic E-state index is 12.8. The summed E-state index contributed by atoms with van der Waals surface area (Å²) in [5.41, 5.74) is 3.06. The predicted octanol–water partition coefficient (Wildman–Crippen LogP) is 3.33. The zero-order chi connectivity index (χ0) is 20.9. The molecule has 2 saturated heterocycles. The Labute approximate surface area is 183 Å². The zero-order valence-electron chi connectivity index (χ0n) is 17.4. The Morgan fingerprint density at radius 2 is 1.60 bits per heavy atom. The van der Waals surface area contributed by atoms with Crippen LogP contribution in [0.15, 0.2) is 48.5 Å². The SMILES string of the molecule is C[C@H](C(=O)Nc1ccc(N2CCOCC2)cc1)N1CCN(c2ccccc2Cl)CC1. The van der Waals surface area contributed by atoms with E-state index < -0.39 is 0 Å². The number of para-hydroxylation sites is 1. The van der Waals surface area contributed by atoms with Crippen LogP contribution in [-0.4, -0.2) is 69.3 Å². The van der Waals surface area contributed by atoms with Crippen LogP contribution in [0.1, 0.15) is 6.92 Å². The molecule has 2 heterocycles. The van der Waals surface area contributed by atoms with Crippen molar-refractivity contribution in [1.82, 2.24) is 4.90 Å². The summed E-state index contributed by atoms with van der Waals surface area (Å²) in [5, 5.41) is 3.84. The molecule has 2 aromatic rings. The van der Waals surface area contributed by atoms with Gasteiger partial charge in [0.15, 0.2) is 0 Å². The molecule has 2 aliphatic heterocycles. The van der Waals surface area contributed by atoms with Gasteiger partial charge in [0.1, 0.15) is 0 Å². The number of nitrogens with one attached hydrogen (secondary N) is 1. The maximum absolute atomic E-state index is 12.8. The second-order valence-corrected chi connectivity index (χ2v) is 8.19. The van der Waals surface area contributed by atoms with Gasteiger partial charge in [0.25, 0.3) is 0 Å². The highest BCUT2D eigenvalue weighted by molar-refractivity contribution is 6.33. The van der Waals surface area contributed by atoms with Gasteiger partial charge in [0.2, 0.25) is 5.91 Å². The van der Waals surface area contributed by atoms with E-state index in [0.717, 1.165) is 68.9 Å². The van der Waals surface area contributed by atoms with E-state index in [0.29, 0.717) is 0 Å². The number of hydrogen-bond acceptors (Lipinski definition) is 5. The largest absolute Gasteiger partial charge is 0.378 e. The van der Waals surface area contributed by atoms with E-state index in [1.165, 1.54) is 5.69 Å². The molecule has 2 aromatic carbocycles. The van der Waals surface area contributed by atoms with E-state index in [1.54, 1.807) is 0 Å². The van der Waals surface area contributed by atoms with Crippen molar-refractivity contribution in [2.45, 2.75) is 13.0 Å². The Balaban J connectivity index is 1.29. The summed E-state index contributed by atoms with van der Waals surface area (Å²) in [5.74, 6) is 0.0281. The van der Waals surface area contributed by atoms with Crippen LogP contribution in [0.5, 0.6) is 0 Å². The van der Waals surface area contributed by atoms with Crippen molar-refractivity contribution >= 4 is 34.6 Å². The summed E-state index contributed by atoms with van der Waals surface area (Å²) in [6.45, 7) is 8.69. The number of benzene rings is 2. The lowest BCUT2D eigenvalue weighted by molar-refractivity contribution is -0.120. The van der Waals surface area contributed by atoms with Gasteiger partial charge < -0.3 is 19.9 Å². The Morgan fingerprint density at radius 3 is 2.27 bits per heavy atom. The fourth-order valence-corrected chi connectivity index (χ4v) is 4.30. The molecule has 0 aliphatic carbocycles. The van der Waals surface area contributed by atoms with Gasteiger partial charge in [-0.15, -0.1) is 0 Å². The van der Waals surface area contributed by atoms with E-state index in [9.17, 15) is 4.79 Å². The van der Waals surface area contributed by atoms with Crippen LogP contribution in [0, 0.1) is 0 Å². The van der Waals surface area contributed by atoms with Crippen LogP contribution in [-0.2, 0) is 9.53 Å². The minimum Gasteiger partial charge on any atom is -0.378 e. The van der Waals surface area contributed by atoms with E-state index in [1.807, 2.05) is 37.3 Å². The number of rotatable bonds is 5. The summed E-state index contributed by atoms with van der Waals surface area (Å²) in [4.78, 5) is 19.6. The smallest absolute Gasteiger partial charge is 0.241 e. The second kappa shape index (κ2) is 9.69. The van der Waals surface area contributed by atoms with Gasteiger partial charge in [-0.1, -0.05) is 23.7 Å². The number of nitrogens with zero attached hydrogens (tertiary/aromatic N) is 3. The average Bonchev–Trinajstić information content (AvgIpc) is 2.80. The lowest BCUT2D eigenvalue weighted by Crippen LogP contribution is -2.52. The summed E-state index contributed by atoms with van der Waals surface area (Å²) < 4.78 is 5.41. The Morgan fingerprint density at radius 1 is 0.933 bits per heavy atom. The molecule has 30 heavy (non-hydrogen) atoms. The number of ether oxygens (including phenoxy) is 1. The van der Waals surface area contributed by atoms with Crippen molar-refractivity contribution < 1.29 is 9.53 Å². The normalized spacial score (nSPS) is 18.9. The molecular weight excluding hydrogens is 400 g/mol. The molecule has 0 saturated carbocycles. The van der Waals surface area contributed by atoms with Crippen LogP contribution < -0.4 is 15.1 Å². The van der Waals surface area contributed by atoms with Gasteiger partial charge in [-0.05, 0) is 43.3 Å². The molecule has 1 amide bonds. The van der Waals surface area contributed by atoms with Crippen LogP contribution >= 0.6 is 11.6 Å². The number of carbonyl (C=O) groups is 1. The van der Waals surface area contributed by atoms with Crippen molar-refractivity contribution in [2.75, 3.05) is 67.6 Å². The van der Waals surface area contributed by atoms with Gasteiger partial charge in [-0.3, -0.25) is 9.69 Å². The van der Waals surface area contributed by atoms with E-state index in [-0.39, 0.29) is 11.9 Å². The molecule has 160 valence electrons. The number of hydrogen-bond donors (Lipinski definition) is 1. The minimum absolute atomic E-state index is 0.0281. The van der Waals surface area contributed by atoms with Gasteiger partial charge in [0, 0.05) is 50.6 Å². The Bertz CT molecular complexity index is 847. The average molecular weight is 429 g/mol. The highest BCUT2D eigenvalue weighted by Crippen LogP contribution is 2.26. The first-order valence-electron chi connectivity index (χ1n) is 10.6. The minimum atomic E-state index is -0.183. The molecule has 1 atom stereocenters. The molecule has 2 aliphatic rings. The number of anilines is 3. The molecular formula is C23H29ClN4O2. The fourth-order valence-electron chi connectivity index (χ4n) is 4.05. The van der Waals surface area contributed by atoms with Crippen molar-refractivity contribution in [3.63, 3.8) is 0 Å². The third-order valence-corrected chi connectivity index (χ3v) is 6.27. The Kier molecular flexibility index (Phi) is 6.77. The number of halogens is 1. The number of carbonyl (C=O) groups excluding carboxylic acids is 1. The third kappa shape index (κ3) is 4.89. The molecule has 0 spiro atoms. The van der Waals surface area contributed by atoms with Gasteiger partial charge in [-0.2, -0.15) is 0 Å². The molecule has 1 N–H and O–H groups in total. The summed E-state index contributed by atoms with van der Waals surface area (Å²) in [7, 11) is 0. The quantitative estimate of drug-likeness (QED) is 0.791. The van der Waals surface area contributed by atoms with Crippen molar-refractivity contribution in [1.29, 1.82) is 0 Å². The molecule has 0 bridgehead atoms. The van der Waals surface area contributed by atoms with Crippen molar-refractivity contribution in [3.05, 3.63) is 53.6 Å². The lowest BCUT2D eigenvalue weighted by atomic mass is 10.2. The van der Waals surface area contributed by atoms with Crippen molar-refractivity contribution in [3.8, 4) is 0 Å². The van der Waals surface area contributed by atoms with Crippen LogP contribution in [0.2, 0.25) is 5.02 Å². The monoisotopic (exact) mass is 428 g/mol. The van der Waals surface area contributed by atoms with Crippen LogP contribution in [0.25, 0.3) is 0 Å². The first kappa shape index (κ1) is 21.0. The molecule has 4 rings (SSSR count). The predicted molar refractivity (Wildman–Crippen MR) is 123 cm³/mol. The molecule has 0 unspecified atom stereocenters. The number of piperazine rings is 1. The van der Waals surface area contributed by atoms with E-state index in [2.05, 4.69) is 38.2 Å². The fraction of sp³-hybridized carbons (Fsp3) is 0.435. The number of morpholine rings is 1. The topological polar surface area (TPSA) is 48.1 Å². The molecule has 2 fully saturated rings. The second-order valence-electron chi connectivity index (χ2n) is 7.79. The zero-order valence-corrected chi connectivity index (χ0v) is 18.1. The van der Waals surface area contributed by atoms with Gasteiger partial charge >= 0.3 is 0 Å².